The molecule has 0 aliphatic carbocycles. The summed E-state index contributed by atoms with van der Waals surface area (Å²) in [6.07, 6.45) is -4.33. The van der Waals surface area contributed by atoms with Gasteiger partial charge in [0.2, 0.25) is 0 Å². The number of fused-ring (bicyclic) bond motifs is 3. The Morgan fingerprint density at radius 2 is 1.75 bits per heavy atom. The summed E-state index contributed by atoms with van der Waals surface area (Å²) in [6, 6.07) is 15.0. The average molecular weight is 385 g/mol. The summed E-state index contributed by atoms with van der Waals surface area (Å²) in [5, 5.41) is 12.0. The van der Waals surface area contributed by atoms with Crippen LogP contribution in [0, 0.1) is 0 Å². The van der Waals surface area contributed by atoms with E-state index in [4.69, 9.17) is 5.73 Å². The van der Waals surface area contributed by atoms with Crippen molar-refractivity contribution in [2.75, 3.05) is 5.32 Å². The van der Waals surface area contributed by atoms with Gasteiger partial charge in [-0.25, -0.2) is 0 Å². The van der Waals surface area contributed by atoms with E-state index in [9.17, 15) is 18.0 Å². The van der Waals surface area contributed by atoms with Gasteiger partial charge in [0.1, 0.15) is 6.54 Å². The van der Waals surface area contributed by atoms with Crippen molar-refractivity contribution in [2.45, 2.75) is 12.7 Å². The van der Waals surface area contributed by atoms with Gasteiger partial charge in [-0.1, -0.05) is 18.2 Å². The van der Waals surface area contributed by atoms with Crippen LogP contribution in [-0.4, -0.2) is 26.8 Å². The van der Waals surface area contributed by atoms with Crippen LogP contribution in [0.2, 0.25) is 0 Å². The number of primary amides is 1. The number of carbonyl (C=O) groups excluding carboxylic acids is 1. The third kappa shape index (κ3) is 3.34. The zero-order valence-electron chi connectivity index (χ0n) is 14.4. The van der Waals surface area contributed by atoms with E-state index in [2.05, 4.69) is 15.5 Å². The minimum Gasteiger partial charge on any atom is -0.364 e. The number of amides is 1. The molecule has 1 amide bonds. The number of alkyl halides is 3. The fraction of sp³-hybridized carbons (Fsp3) is 0.105. The number of hydrogen-bond donors (Lipinski definition) is 2. The first-order chi connectivity index (χ1) is 13.3. The second kappa shape index (κ2) is 6.52. The third-order valence-corrected chi connectivity index (χ3v) is 4.30. The van der Waals surface area contributed by atoms with Crippen LogP contribution >= 0.6 is 0 Å². The van der Waals surface area contributed by atoms with Crippen LogP contribution in [-0.2, 0) is 6.54 Å². The fourth-order valence-corrected chi connectivity index (χ4v) is 3.16. The lowest BCUT2D eigenvalue weighted by Crippen LogP contribution is -2.17. The Morgan fingerprint density at radius 3 is 2.43 bits per heavy atom. The highest BCUT2D eigenvalue weighted by Crippen LogP contribution is 2.33. The Labute approximate surface area is 156 Å². The zero-order chi connectivity index (χ0) is 19.9. The van der Waals surface area contributed by atoms with E-state index in [1.165, 1.54) is 10.6 Å². The van der Waals surface area contributed by atoms with Crippen molar-refractivity contribution in [2.24, 2.45) is 5.73 Å². The van der Waals surface area contributed by atoms with Crippen LogP contribution in [0.5, 0.6) is 0 Å². The van der Waals surface area contributed by atoms with Crippen molar-refractivity contribution < 1.29 is 18.0 Å². The molecular formula is C19H14F3N5O. The molecule has 9 heteroatoms. The lowest BCUT2D eigenvalue weighted by molar-refractivity contribution is -0.139. The molecule has 2 aromatic heterocycles. The zero-order valence-corrected chi connectivity index (χ0v) is 14.4. The van der Waals surface area contributed by atoms with Crippen molar-refractivity contribution in [1.29, 1.82) is 0 Å². The van der Waals surface area contributed by atoms with E-state index in [-0.39, 0.29) is 5.69 Å². The molecule has 28 heavy (non-hydrogen) atoms. The number of anilines is 2. The van der Waals surface area contributed by atoms with Gasteiger partial charge in [-0.05, 0) is 36.4 Å². The van der Waals surface area contributed by atoms with Gasteiger partial charge in [0.25, 0.3) is 5.91 Å². The van der Waals surface area contributed by atoms with Gasteiger partial charge < -0.3 is 15.6 Å². The average Bonchev–Trinajstić information content (AvgIpc) is 2.94. The molecule has 0 fully saturated rings. The minimum atomic E-state index is -4.33. The second-order valence-corrected chi connectivity index (χ2v) is 6.24. The highest BCUT2D eigenvalue weighted by atomic mass is 19.4. The summed E-state index contributed by atoms with van der Waals surface area (Å²) in [7, 11) is 0. The normalized spacial score (nSPS) is 11.8. The number of nitrogens with zero attached hydrogens (tertiary/aromatic N) is 3. The molecule has 0 aliphatic rings. The Balaban J connectivity index is 1.76. The number of nitrogens with two attached hydrogens (primary N) is 1. The topological polar surface area (TPSA) is 85.8 Å². The molecule has 0 unspecified atom stereocenters. The Hall–Kier alpha value is -3.62. The molecule has 6 nitrogen and oxygen atoms in total. The molecule has 0 spiro atoms. The summed E-state index contributed by atoms with van der Waals surface area (Å²) in [4.78, 5) is 11.1. The summed E-state index contributed by atoms with van der Waals surface area (Å²) in [5.74, 6) is -0.304. The van der Waals surface area contributed by atoms with Gasteiger partial charge in [0, 0.05) is 27.5 Å². The summed E-state index contributed by atoms with van der Waals surface area (Å²) < 4.78 is 40.4. The maximum atomic E-state index is 13.0. The molecule has 142 valence electrons. The molecule has 4 aromatic rings. The van der Waals surface area contributed by atoms with Gasteiger partial charge in [0.15, 0.2) is 11.5 Å². The van der Waals surface area contributed by atoms with Gasteiger partial charge in [-0.15, -0.1) is 10.2 Å². The van der Waals surface area contributed by atoms with Crippen LogP contribution in [0.1, 0.15) is 10.5 Å². The van der Waals surface area contributed by atoms with E-state index in [1.54, 1.807) is 48.5 Å². The van der Waals surface area contributed by atoms with E-state index in [1.807, 2.05) is 0 Å². The number of benzene rings is 2. The van der Waals surface area contributed by atoms with Gasteiger partial charge in [-0.3, -0.25) is 4.79 Å². The smallest absolute Gasteiger partial charge is 0.364 e. The number of para-hydroxylation sites is 1. The van der Waals surface area contributed by atoms with Crippen LogP contribution in [0.4, 0.5) is 24.7 Å². The molecule has 0 aliphatic heterocycles. The van der Waals surface area contributed by atoms with Crippen LogP contribution in [0.3, 0.4) is 0 Å². The highest BCUT2D eigenvalue weighted by molar-refractivity contribution is 6.09. The van der Waals surface area contributed by atoms with Crippen molar-refractivity contribution >= 4 is 39.2 Å². The van der Waals surface area contributed by atoms with E-state index in [0.717, 1.165) is 5.39 Å². The quantitative estimate of drug-likeness (QED) is 0.556. The number of aromatic nitrogens is 3. The Kier molecular flexibility index (Phi) is 4.14. The standard InChI is InChI=1S/C19H14F3N5O/c20-19(21,22)10-27-15-4-2-1-3-12(15)13-9-11(5-7-16(13)27)24-17-8-6-14(18(23)28)25-26-17/h1-9H,10H2,(H2,23,28)(H,24,26). The predicted octanol–water partition coefficient (Wildman–Crippen LogP) is 3.99. The predicted molar refractivity (Wildman–Crippen MR) is 99.3 cm³/mol. The molecule has 4 rings (SSSR count). The number of nitrogens with one attached hydrogen (secondary N) is 1. The first-order valence-corrected chi connectivity index (χ1v) is 8.30. The molecule has 0 saturated heterocycles. The maximum absolute atomic E-state index is 13.0. The van der Waals surface area contributed by atoms with Gasteiger partial charge >= 0.3 is 6.18 Å². The Bertz CT molecular complexity index is 1180. The van der Waals surface area contributed by atoms with Crippen molar-refractivity contribution in [3.05, 3.63) is 60.3 Å². The fourth-order valence-electron chi connectivity index (χ4n) is 3.16. The van der Waals surface area contributed by atoms with Crippen LogP contribution in [0.15, 0.2) is 54.6 Å². The molecule has 2 aromatic carbocycles. The lowest BCUT2D eigenvalue weighted by Gasteiger charge is -2.11. The SMILES string of the molecule is NC(=O)c1ccc(Nc2ccc3c(c2)c2ccccc2n3CC(F)(F)F)nn1. The van der Waals surface area contributed by atoms with Crippen LogP contribution < -0.4 is 11.1 Å². The van der Waals surface area contributed by atoms with E-state index >= 15 is 0 Å². The largest absolute Gasteiger partial charge is 0.406 e. The third-order valence-electron chi connectivity index (χ3n) is 4.30. The molecular weight excluding hydrogens is 371 g/mol. The van der Waals surface area contributed by atoms with Crippen molar-refractivity contribution in [3.8, 4) is 0 Å². The second-order valence-electron chi connectivity index (χ2n) is 6.24. The Morgan fingerprint density at radius 1 is 1.00 bits per heavy atom. The summed E-state index contributed by atoms with van der Waals surface area (Å²) in [5.41, 5.74) is 6.80. The van der Waals surface area contributed by atoms with Gasteiger partial charge in [-0.2, -0.15) is 13.2 Å². The summed E-state index contributed by atoms with van der Waals surface area (Å²) in [6.45, 7) is -1.07. The number of rotatable bonds is 4. The first kappa shape index (κ1) is 17.8. The van der Waals surface area contributed by atoms with E-state index in [0.29, 0.717) is 27.9 Å². The number of carbonyl (C=O) groups is 1. The molecule has 0 saturated carbocycles. The van der Waals surface area contributed by atoms with Crippen molar-refractivity contribution in [1.82, 2.24) is 14.8 Å². The van der Waals surface area contributed by atoms with Crippen LogP contribution in [0.25, 0.3) is 21.8 Å². The molecule has 0 atom stereocenters. The van der Waals surface area contributed by atoms with Gasteiger partial charge in [0.05, 0.1) is 0 Å². The number of halogens is 3. The van der Waals surface area contributed by atoms with Crippen molar-refractivity contribution in [3.63, 3.8) is 0 Å². The molecule has 0 bridgehead atoms. The lowest BCUT2D eigenvalue weighted by atomic mass is 10.1. The maximum Gasteiger partial charge on any atom is 0.406 e. The first-order valence-electron chi connectivity index (χ1n) is 8.30. The molecule has 2 heterocycles. The molecule has 0 radical (unpaired) electrons. The highest BCUT2D eigenvalue weighted by Gasteiger charge is 2.29. The monoisotopic (exact) mass is 385 g/mol. The molecule has 3 N–H and O–H groups in total. The minimum absolute atomic E-state index is 0.0382. The number of hydrogen-bond acceptors (Lipinski definition) is 4. The van der Waals surface area contributed by atoms with E-state index < -0.39 is 18.6 Å². The summed E-state index contributed by atoms with van der Waals surface area (Å²) >= 11 is 0.